The zero-order chi connectivity index (χ0) is 9.56. The summed E-state index contributed by atoms with van der Waals surface area (Å²) in [5, 5.41) is 6.45. The predicted molar refractivity (Wildman–Crippen MR) is 54.5 cm³/mol. The van der Waals surface area contributed by atoms with Gasteiger partial charge < -0.3 is 15.5 Å². The summed E-state index contributed by atoms with van der Waals surface area (Å²) in [5.74, 6) is 0. The second kappa shape index (κ2) is 6.40. The summed E-state index contributed by atoms with van der Waals surface area (Å²) in [4.78, 5) is 2.34. The third-order valence-corrected chi connectivity index (χ3v) is 2.16. The number of rotatable bonds is 6. The molecule has 0 saturated carbocycles. The summed E-state index contributed by atoms with van der Waals surface area (Å²) in [7, 11) is 6.15. The maximum absolute atomic E-state index is 3.23. The average Bonchev–Trinajstić information content (AvgIpc) is 2.03. The molecule has 0 aliphatic carbocycles. The van der Waals surface area contributed by atoms with Crippen molar-refractivity contribution in [3.8, 4) is 0 Å². The highest BCUT2D eigenvalue weighted by Gasteiger charge is 2.06. The Morgan fingerprint density at radius 1 is 1.00 bits per heavy atom. The fourth-order valence-electron chi connectivity index (χ4n) is 1.19. The molecule has 2 N–H and O–H groups in total. The SMILES string of the molecule is CNC(C)CN(C)CC(C)NC. The van der Waals surface area contributed by atoms with Crippen molar-refractivity contribution in [2.75, 3.05) is 34.2 Å². The Hall–Kier alpha value is -0.120. The van der Waals surface area contributed by atoms with Crippen LogP contribution in [0.1, 0.15) is 13.8 Å². The minimum absolute atomic E-state index is 0.569. The topological polar surface area (TPSA) is 27.3 Å². The Morgan fingerprint density at radius 3 is 1.58 bits per heavy atom. The first-order valence-electron chi connectivity index (χ1n) is 4.63. The molecule has 0 rings (SSSR count). The van der Waals surface area contributed by atoms with Crippen LogP contribution in [-0.4, -0.2) is 51.2 Å². The highest BCUT2D eigenvalue weighted by molar-refractivity contribution is 4.67. The lowest BCUT2D eigenvalue weighted by molar-refractivity contribution is 0.278. The minimum atomic E-state index is 0.569. The summed E-state index contributed by atoms with van der Waals surface area (Å²) >= 11 is 0. The van der Waals surface area contributed by atoms with Crippen LogP contribution in [0.3, 0.4) is 0 Å². The maximum Gasteiger partial charge on any atom is 0.0163 e. The molecule has 0 heterocycles. The second-order valence-electron chi connectivity index (χ2n) is 3.60. The number of nitrogens with one attached hydrogen (secondary N) is 2. The van der Waals surface area contributed by atoms with E-state index in [-0.39, 0.29) is 0 Å². The van der Waals surface area contributed by atoms with Gasteiger partial charge in [0.25, 0.3) is 0 Å². The molecule has 2 unspecified atom stereocenters. The van der Waals surface area contributed by atoms with Crippen LogP contribution in [0.2, 0.25) is 0 Å². The maximum atomic E-state index is 3.23. The molecule has 3 nitrogen and oxygen atoms in total. The number of likely N-dealkylation sites (N-methyl/N-ethyl adjacent to an activating group) is 3. The summed E-state index contributed by atoms with van der Waals surface area (Å²) in [6, 6.07) is 1.14. The van der Waals surface area contributed by atoms with Crippen molar-refractivity contribution in [1.82, 2.24) is 15.5 Å². The first-order valence-corrected chi connectivity index (χ1v) is 4.63. The van der Waals surface area contributed by atoms with E-state index in [1.165, 1.54) is 0 Å². The van der Waals surface area contributed by atoms with Crippen LogP contribution in [0.5, 0.6) is 0 Å². The Balaban J connectivity index is 3.51. The van der Waals surface area contributed by atoms with E-state index >= 15 is 0 Å². The van der Waals surface area contributed by atoms with Gasteiger partial charge in [0, 0.05) is 25.2 Å². The average molecular weight is 173 g/mol. The normalized spacial score (nSPS) is 16.5. The molecule has 74 valence electrons. The van der Waals surface area contributed by atoms with E-state index in [2.05, 4.69) is 36.4 Å². The molecule has 2 atom stereocenters. The van der Waals surface area contributed by atoms with E-state index in [0.717, 1.165) is 13.1 Å². The van der Waals surface area contributed by atoms with Gasteiger partial charge in [0.05, 0.1) is 0 Å². The largest absolute Gasteiger partial charge is 0.316 e. The fraction of sp³-hybridized carbons (Fsp3) is 1.00. The van der Waals surface area contributed by atoms with E-state index < -0.39 is 0 Å². The van der Waals surface area contributed by atoms with Crippen LogP contribution in [-0.2, 0) is 0 Å². The van der Waals surface area contributed by atoms with E-state index in [4.69, 9.17) is 0 Å². The first kappa shape index (κ1) is 11.9. The highest BCUT2D eigenvalue weighted by Crippen LogP contribution is 1.90. The van der Waals surface area contributed by atoms with E-state index in [0.29, 0.717) is 12.1 Å². The lowest BCUT2D eigenvalue weighted by atomic mass is 10.3. The molecule has 0 bridgehead atoms. The molecule has 0 aliphatic heterocycles. The third-order valence-electron chi connectivity index (χ3n) is 2.16. The van der Waals surface area contributed by atoms with Crippen molar-refractivity contribution in [2.45, 2.75) is 25.9 Å². The van der Waals surface area contributed by atoms with Crippen molar-refractivity contribution < 1.29 is 0 Å². The van der Waals surface area contributed by atoms with Crippen LogP contribution in [0.15, 0.2) is 0 Å². The van der Waals surface area contributed by atoms with Gasteiger partial charge in [-0.2, -0.15) is 0 Å². The summed E-state index contributed by atoms with van der Waals surface area (Å²) in [6.07, 6.45) is 0. The fourth-order valence-corrected chi connectivity index (χ4v) is 1.19. The van der Waals surface area contributed by atoms with Crippen molar-refractivity contribution in [1.29, 1.82) is 0 Å². The first-order chi connectivity index (χ1) is 5.60. The molecule has 0 aromatic heterocycles. The lowest BCUT2D eigenvalue weighted by Gasteiger charge is -2.23. The van der Waals surface area contributed by atoms with Gasteiger partial charge in [-0.25, -0.2) is 0 Å². The zero-order valence-corrected chi connectivity index (χ0v) is 9.02. The van der Waals surface area contributed by atoms with Crippen LogP contribution in [0.4, 0.5) is 0 Å². The molecule has 0 aromatic rings. The van der Waals surface area contributed by atoms with Gasteiger partial charge in [-0.05, 0) is 35.0 Å². The Bertz CT molecular complexity index is 93.9. The predicted octanol–water partition coefficient (Wildman–Crippen LogP) is 0.134. The van der Waals surface area contributed by atoms with Crippen molar-refractivity contribution in [3.63, 3.8) is 0 Å². The van der Waals surface area contributed by atoms with Gasteiger partial charge in [0.1, 0.15) is 0 Å². The Morgan fingerprint density at radius 2 is 1.33 bits per heavy atom. The van der Waals surface area contributed by atoms with Crippen LogP contribution < -0.4 is 10.6 Å². The van der Waals surface area contributed by atoms with Crippen LogP contribution in [0.25, 0.3) is 0 Å². The molecule has 0 saturated heterocycles. The molecular formula is C9H23N3. The molecule has 0 spiro atoms. The van der Waals surface area contributed by atoms with Crippen LogP contribution in [0, 0.1) is 0 Å². The molecule has 0 aromatic carbocycles. The quantitative estimate of drug-likeness (QED) is 0.598. The van der Waals surface area contributed by atoms with Gasteiger partial charge in [-0.3, -0.25) is 0 Å². The Labute approximate surface area is 76.5 Å². The zero-order valence-electron chi connectivity index (χ0n) is 9.02. The van der Waals surface area contributed by atoms with Gasteiger partial charge in [0.15, 0.2) is 0 Å². The van der Waals surface area contributed by atoms with Gasteiger partial charge in [-0.1, -0.05) is 0 Å². The molecule has 0 aliphatic rings. The molecule has 0 amide bonds. The lowest BCUT2D eigenvalue weighted by Crippen LogP contribution is -2.41. The van der Waals surface area contributed by atoms with Gasteiger partial charge >= 0.3 is 0 Å². The van der Waals surface area contributed by atoms with Crippen molar-refractivity contribution in [3.05, 3.63) is 0 Å². The van der Waals surface area contributed by atoms with Crippen molar-refractivity contribution >= 4 is 0 Å². The standard InChI is InChI=1S/C9H23N3/c1-8(10-3)6-12(5)7-9(2)11-4/h8-11H,6-7H2,1-5H3. The molecule has 12 heavy (non-hydrogen) atoms. The van der Waals surface area contributed by atoms with Crippen LogP contribution >= 0.6 is 0 Å². The highest BCUT2D eigenvalue weighted by atomic mass is 15.1. The summed E-state index contributed by atoms with van der Waals surface area (Å²) in [5.41, 5.74) is 0. The number of hydrogen-bond acceptors (Lipinski definition) is 3. The van der Waals surface area contributed by atoms with Crippen molar-refractivity contribution in [2.24, 2.45) is 0 Å². The minimum Gasteiger partial charge on any atom is -0.316 e. The second-order valence-corrected chi connectivity index (χ2v) is 3.60. The third kappa shape index (κ3) is 5.52. The molecule has 0 fully saturated rings. The van der Waals surface area contributed by atoms with Gasteiger partial charge in [-0.15, -0.1) is 0 Å². The number of nitrogens with zero attached hydrogens (tertiary/aromatic N) is 1. The van der Waals surface area contributed by atoms with E-state index in [1.807, 2.05) is 14.1 Å². The summed E-state index contributed by atoms with van der Waals surface area (Å²) < 4.78 is 0. The van der Waals surface area contributed by atoms with Gasteiger partial charge in [0.2, 0.25) is 0 Å². The molecule has 0 radical (unpaired) electrons. The number of hydrogen-bond donors (Lipinski definition) is 2. The monoisotopic (exact) mass is 173 g/mol. The van der Waals surface area contributed by atoms with E-state index in [9.17, 15) is 0 Å². The van der Waals surface area contributed by atoms with E-state index in [1.54, 1.807) is 0 Å². The smallest absolute Gasteiger partial charge is 0.0163 e. The molecule has 3 heteroatoms. The molecular weight excluding hydrogens is 150 g/mol. The Kier molecular flexibility index (Phi) is 6.34. The summed E-state index contributed by atoms with van der Waals surface area (Å²) in [6.45, 7) is 6.59.